The van der Waals surface area contributed by atoms with E-state index in [1.807, 2.05) is 25.1 Å². The van der Waals surface area contributed by atoms with E-state index in [0.29, 0.717) is 0 Å². The van der Waals surface area contributed by atoms with Gasteiger partial charge < -0.3 is 15.4 Å². The third-order valence-electron chi connectivity index (χ3n) is 3.54. The maximum absolute atomic E-state index is 5.98. The molecule has 2 rings (SSSR count). The molecule has 1 atom stereocenters. The maximum Gasteiger partial charge on any atom is 0.124 e. The molecule has 0 saturated carbocycles. The molecular weight excluding hydrogens is 304 g/mol. The minimum absolute atomic E-state index is 0.00826. The number of ether oxygens (including phenoxy) is 1. The van der Waals surface area contributed by atoms with Gasteiger partial charge in [-0.3, -0.25) is 0 Å². The predicted molar refractivity (Wildman–Crippen MR) is 82.5 cm³/mol. The van der Waals surface area contributed by atoms with Crippen LogP contribution in [-0.2, 0) is 0 Å². The highest BCUT2D eigenvalue weighted by atomic mass is 79.9. The molecule has 0 amide bonds. The van der Waals surface area contributed by atoms with Crippen molar-refractivity contribution in [2.24, 2.45) is 5.73 Å². The number of hydrogen-bond donors (Lipinski definition) is 1. The van der Waals surface area contributed by atoms with Gasteiger partial charge in [0.1, 0.15) is 5.75 Å². The number of hydrogen-bond acceptors (Lipinski definition) is 3. The van der Waals surface area contributed by atoms with Crippen LogP contribution in [0.25, 0.3) is 0 Å². The van der Waals surface area contributed by atoms with E-state index in [9.17, 15) is 0 Å². The molecule has 0 unspecified atom stereocenters. The van der Waals surface area contributed by atoms with Crippen LogP contribution in [0.2, 0.25) is 0 Å². The fraction of sp³-hybridized carbons (Fsp3) is 0.600. The summed E-state index contributed by atoms with van der Waals surface area (Å²) < 4.78 is 6.93. The van der Waals surface area contributed by atoms with Crippen molar-refractivity contribution >= 4 is 15.9 Å². The molecular formula is C15H23BrN2O. The molecule has 1 saturated heterocycles. The van der Waals surface area contributed by atoms with E-state index < -0.39 is 0 Å². The van der Waals surface area contributed by atoms with Gasteiger partial charge in [-0.25, -0.2) is 0 Å². The molecule has 106 valence electrons. The van der Waals surface area contributed by atoms with E-state index in [0.717, 1.165) is 35.4 Å². The van der Waals surface area contributed by atoms with Gasteiger partial charge in [-0.1, -0.05) is 15.9 Å². The first-order chi connectivity index (χ1) is 9.16. The SMILES string of the molecule is C[C@@H](N)c1cc(Br)ccc1OCCCN1CCCC1. The van der Waals surface area contributed by atoms with Crippen LogP contribution in [0.4, 0.5) is 0 Å². The van der Waals surface area contributed by atoms with Crippen molar-refractivity contribution in [3.63, 3.8) is 0 Å². The van der Waals surface area contributed by atoms with Crippen molar-refractivity contribution in [3.8, 4) is 5.75 Å². The number of likely N-dealkylation sites (tertiary alicyclic amines) is 1. The molecule has 1 aliphatic heterocycles. The first-order valence-corrected chi connectivity index (χ1v) is 7.86. The molecule has 0 bridgehead atoms. The standard InChI is InChI=1S/C15H23BrN2O/c1-12(17)14-11-13(16)5-6-15(14)19-10-4-9-18-7-2-3-8-18/h5-6,11-12H,2-4,7-10,17H2,1H3/t12-/m1/s1. The molecule has 2 N–H and O–H groups in total. The summed E-state index contributed by atoms with van der Waals surface area (Å²) in [5.74, 6) is 0.916. The molecule has 1 aromatic carbocycles. The normalized spacial score (nSPS) is 17.6. The zero-order chi connectivity index (χ0) is 13.7. The summed E-state index contributed by atoms with van der Waals surface area (Å²) in [5.41, 5.74) is 7.04. The van der Waals surface area contributed by atoms with E-state index in [-0.39, 0.29) is 6.04 Å². The zero-order valence-electron chi connectivity index (χ0n) is 11.6. The Balaban J connectivity index is 1.81. The van der Waals surface area contributed by atoms with Gasteiger partial charge in [0.15, 0.2) is 0 Å². The molecule has 1 heterocycles. The van der Waals surface area contributed by atoms with Gasteiger partial charge in [0.25, 0.3) is 0 Å². The highest BCUT2D eigenvalue weighted by Crippen LogP contribution is 2.27. The summed E-state index contributed by atoms with van der Waals surface area (Å²) in [6.45, 7) is 6.40. The van der Waals surface area contributed by atoms with E-state index in [2.05, 4.69) is 20.8 Å². The summed E-state index contributed by atoms with van der Waals surface area (Å²) in [7, 11) is 0. The average Bonchev–Trinajstić information content (AvgIpc) is 2.89. The molecule has 0 spiro atoms. The van der Waals surface area contributed by atoms with Crippen LogP contribution in [0.3, 0.4) is 0 Å². The van der Waals surface area contributed by atoms with E-state index in [4.69, 9.17) is 10.5 Å². The lowest BCUT2D eigenvalue weighted by molar-refractivity contribution is 0.261. The van der Waals surface area contributed by atoms with Gasteiger partial charge >= 0.3 is 0 Å². The highest BCUT2D eigenvalue weighted by molar-refractivity contribution is 9.10. The largest absolute Gasteiger partial charge is 0.493 e. The smallest absolute Gasteiger partial charge is 0.124 e. The number of nitrogens with two attached hydrogens (primary N) is 1. The second-order valence-electron chi connectivity index (χ2n) is 5.22. The number of rotatable bonds is 6. The van der Waals surface area contributed by atoms with Gasteiger partial charge in [-0.15, -0.1) is 0 Å². The zero-order valence-corrected chi connectivity index (χ0v) is 13.2. The average molecular weight is 327 g/mol. The fourth-order valence-electron chi connectivity index (χ4n) is 2.48. The second-order valence-corrected chi connectivity index (χ2v) is 6.14. The van der Waals surface area contributed by atoms with Crippen LogP contribution in [0.15, 0.2) is 22.7 Å². The number of benzene rings is 1. The Morgan fingerprint density at radius 1 is 1.37 bits per heavy atom. The summed E-state index contributed by atoms with van der Waals surface area (Å²) in [6.07, 6.45) is 3.78. The Hall–Kier alpha value is -0.580. The Labute approximate surface area is 124 Å². The molecule has 3 nitrogen and oxygen atoms in total. The van der Waals surface area contributed by atoms with Gasteiger partial charge in [-0.05, 0) is 57.5 Å². The summed E-state index contributed by atoms with van der Waals surface area (Å²) >= 11 is 3.47. The van der Waals surface area contributed by atoms with E-state index in [1.54, 1.807) is 0 Å². The van der Waals surface area contributed by atoms with Crippen LogP contribution in [0, 0.1) is 0 Å². The maximum atomic E-state index is 5.98. The van der Waals surface area contributed by atoms with Gasteiger partial charge in [0.2, 0.25) is 0 Å². The Morgan fingerprint density at radius 2 is 2.11 bits per heavy atom. The molecule has 4 heteroatoms. The minimum Gasteiger partial charge on any atom is -0.493 e. The molecule has 0 aliphatic carbocycles. The third-order valence-corrected chi connectivity index (χ3v) is 4.03. The van der Waals surface area contributed by atoms with Crippen LogP contribution < -0.4 is 10.5 Å². The third kappa shape index (κ3) is 4.48. The lowest BCUT2D eigenvalue weighted by Gasteiger charge is -2.17. The molecule has 1 aromatic rings. The molecule has 0 aromatic heterocycles. The van der Waals surface area contributed by atoms with Crippen molar-refractivity contribution in [3.05, 3.63) is 28.2 Å². The van der Waals surface area contributed by atoms with Crippen LogP contribution in [0.1, 0.15) is 37.8 Å². The predicted octanol–water partition coefficient (Wildman–Crippen LogP) is 3.33. The fourth-order valence-corrected chi connectivity index (χ4v) is 2.86. The Morgan fingerprint density at radius 3 is 2.79 bits per heavy atom. The van der Waals surface area contributed by atoms with Crippen molar-refractivity contribution in [2.45, 2.75) is 32.2 Å². The number of halogens is 1. The van der Waals surface area contributed by atoms with Crippen molar-refractivity contribution in [2.75, 3.05) is 26.2 Å². The first kappa shape index (κ1) is 14.8. The molecule has 0 radical (unpaired) electrons. The Bertz CT molecular complexity index is 403. The minimum atomic E-state index is -0.00826. The highest BCUT2D eigenvalue weighted by Gasteiger charge is 2.11. The lowest BCUT2D eigenvalue weighted by atomic mass is 10.1. The van der Waals surface area contributed by atoms with Crippen LogP contribution in [-0.4, -0.2) is 31.1 Å². The van der Waals surface area contributed by atoms with Crippen LogP contribution >= 0.6 is 15.9 Å². The molecule has 19 heavy (non-hydrogen) atoms. The summed E-state index contributed by atoms with van der Waals surface area (Å²) in [5, 5.41) is 0. The van der Waals surface area contributed by atoms with E-state index >= 15 is 0 Å². The van der Waals surface area contributed by atoms with Gasteiger partial charge in [0.05, 0.1) is 6.61 Å². The van der Waals surface area contributed by atoms with Crippen molar-refractivity contribution < 1.29 is 4.74 Å². The number of nitrogens with zero attached hydrogens (tertiary/aromatic N) is 1. The lowest BCUT2D eigenvalue weighted by Crippen LogP contribution is -2.22. The van der Waals surface area contributed by atoms with Crippen molar-refractivity contribution in [1.29, 1.82) is 0 Å². The summed E-state index contributed by atoms with van der Waals surface area (Å²) in [6, 6.07) is 6.03. The first-order valence-electron chi connectivity index (χ1n) is 7.07. The summed E-state index contributed by atoms with van der Waals surface area (Å²) in [4.78, 5) is 2.51. The quantitative estimate of drug-likeness (QED) is 0.815. The van der Waals surface area contributed by atoms with E-state index in [1.165, 1.54) is 25.9 Å². The second kappa shape index (κ2) is 7.27. The topological polar surface area (TPSA) is 38.5 Å². The van der Waals surface area contributed by atoms with Gasteiger partial charge in [0, 0.05) is 22.6 Å². The van der Waals surface area contributed by atoms with Crippen LogP contribution in [0.5, 0.6) is 5.75 Å². The molecule has 1 aliphatic rings. The van der Waals surface area contributed by atoms with Gasteiger partial charge in [-0.2, -0.15) is 0 Å². The van der Waals surface area contributed by atoms with Crippen molar-refractivity contribution in [1.82, 2.24) is 4.90 Å². The monoisotopic (exact) mass is 326 g/mol. The Kier molecular flexibility index (Phi) is 5.67. The molecule has 1 fully saturated rings.